The maximum Gasteiger partial charge on any atom is 0.335 e. The third-order valence-corrected chi connectivity index (χ3v) is 15.1. The SMILES string of the molecule is CC1(C)CN(CCCS(=O)(=O)[O-])c2c1c1c(c3cc4ccc(S(=O)(=O)[O-])cc4cc23)C=c2c(c3c(c4cc5cc(SOO[O-])ccc5cc24)=[N+](Cc2ccc(C(=O)O)cc2)CC3(C)C)O1. The molecule has 0 atom stereocenters. The van der Waals surface area contributed by atoms with Gasteiger partial charge in [0.1, 0.15) is 21.6 Å². The van der Waals surface area contributed by atoms with E-state index >= 15 is 0 Å². The molecule has 10 rings (SSSR count). The number of aromatic carboxylic acids is 1. The van der Waals surface area contributed by atoms with E-state index in [1.165, 1.54) is 12.1 Å². The molecular formula is C48H40N2O12S3-2. The summed E-state index contributed by atoms with van der Waals surface area (Å²) in [7, 11) is -9.26. The van der Waals surface area contributed by atoms with Crippen molar-refractivity contribution in [2.24, 2.45) is 0 Å². The largest absolute Gasteiger partial charge is 0.748 e. The van der Waals surface area contributed by atoms with Crippen LogP contribution in [0.1, 0.15) is 66.7 Å². The fraction of sp³-hybridized carbons (Fsp3) is 0.250. The molecule has 0 saturated heterocycles. The molecule has 334 valence electrons. The van der Waals surface area contributed by atoms with E-state index < -0.39 is 42.8 Å². The molecule has 0 amide bonds. The Bertz CT molecular complexity index is 3610. The number of fused-ring (bicyclic) bond motifs is 14. The minimum Gasteiger partial charge on any atom is -0.748 e. The summed E-state index contributed by atoms with van der Waals surface area (Å²) in [5, 5.41) is 32.1. The second-order valence-electron chi connectivity index (χ2n) is 18.3. The molecule has 7 aromatic rings. The topological polar surface area (TPSA) is 209 Å². The number of ether oxygens (including phenoxy) is 1. The van der Waals surface area contributed by atoms with Crippen LogP contribution in [0.15, 0.2) is 94.7 Å². The van der Waals surface area contributed by atoms with Gasteiger partial charge in [0, 0.05) is 56.4 Å². The average Bonchev–Trinajstić information content (AvgIpc) is 3.67. The average molecular weight is 933 g/mol. The zero-order valence-corrected chi connectivity index (χ0v) is 37.9. The molecule has 0 fully saturated rings. The van der Waals surface area contributed by atoms with Gasteiger partial charge in [0.25, 0.3) is 0 Å². The minimum absolute atomic E-state index is 0.0814. The van der Waals surface area contributed by atoms with E-state index in [-0.39, 0.29) is 23.4 Å². The Balaban J connectivity index is 1.30. The Kier molecular flexibility index (Phi) is 10.1. The van der Waals surface area contributed by atoms with Crippen LogP contribution in [-0.4, -0.2) is 62.4 Å². The van der Waals surface area contributed by atoms with Crippen molar-refractivity contribution in [2.45, 2.75) is 61.3 Å². The smallest absolute Gasteiger partial charge is 0.335 e. The van der Waals surface area contributed by atoms with Crippen molar-refractivity contribution in [3.8, 4) is 11.5 Å². The van der Waals surface area contributed by atoms with Crippen LogP contribution in [0.4, 0.5) is 5.69 Å². The molecule has 0 aromatic heterocycles. The molecule has 0 aliphatic carbocycles. The van der Waals surface area contributed by atoms with Crippen molar-refractivity contribution >= 4 is 93.1 Å². The molecule has 7 aromatic carbocycles. The van der Waals surface area contributed by atoms with Crippen molar-refractivity contribution in [2.75, 3.05) is 30.3 Å². The number of rotatable bonds is 11. The third kappa shape index (κ3) is 7.49. The van der Waals surface area contributed by atoms with Gasteiger partial charge >= 0.3 is 5.97 Å². The zero-order valence-electron chi connectivity index (χ0n) is 35.5. The first-order valence-electron chi connectivity index (χ1n) is 20.7. The van der Waals surface area contributed by atoms with E-state index in [0.29, 0.717) is 46.8 Å². The molecule has 14 nitrogen and oxygen atoms in total. The predicted octanol–water partition coefficient (Wildman–Crippen LogP) is 6.08. The Hall–Kier alpha value is -5.63. The van der Waals surface area contributed by atoms with E-state index in [4.69, 9.17) is 4.74 Å². The Morgan fingerprint density at radius 3 is 2.18 bits per heavy atom. The molecule has 17 heteroatoms. The molecule has 0 saturated carbocycles. The number of carboxylic acids is 1. The molecule has 0 unspecified atom stereocenters. The van der Waals surface area contributed by atoms with Gasteiger partial charge in [0.2, 0.25) is 5.36 Å². The van der Waals surface area contributed by atoms with Gasteiger partial charge in [0.05, 0.1) is 54.7 Å². The lowest BCUT2D eigenvalue weighted by Crippen LogP contribution is -2.30. The molecule has 1 N–H and O–H groups in total. The first kappa shape index (κ1) is 43.3. The van der Waals surface area contributed by atoms with E-state index in [1.807, 2.05) is 42.5 Å². The van der Waals surface area contributed by atoms with Crippen molar-refractivity contribution in [1.82, 2.24) is 4.58 Å². The maximum atomic E-state index is 12.2. The maximum absolute atomic E-state index is 12.2. The molecule has 0 spiro atoms. The van der Waals surface area contributed by atoms with Crippen LogP contribution in [0.25, 0.3) is 49.2 Å². The van der Waals surface area contributed by atoms with Crippen LogP contribution in [0.5, 0.6) is 11.5 Å². The second kappa shape index (κ2) is 15.2. The van der Waals surface area contributed by atoms with E-state index in [2.05, 4.69) is 64.8 Å². The van der Waals surface area contributed by atoms with Crippen molar-refractivity contribution in [1.29, 1.82) is 0 Å². The summed E-state index contributed by atoms with van der Waals surface area (Å²) in [6.45, 7) is 10.3. The highest BCUT2D eigenvalue weighted by Gasteiger charge is 2.45. The molecular weight excluding hydrogens is 893 g/mol. The fourth-order valence-corrected chi connectivity index (χ4v) is 11.7. The number of anilines is 1. The molecule has 3 heterocycles. The number of carbonyl (C=O) groups is 1. The summed E-state index contributed by atoms with van der Waals surface area (Å²) >= 11 is 0.802. The summed E-state index contributed by atoms with van der Waals surface area (Å²) < 4.78 is 86.3. The van der Waals surface area contributed by atoms with Gasteiger partial charge in [-0.1, -0.05) is 38.1 Å². The van der Waals surface area contributed by atoms with Crippen LogP contribution in [0.3, 0.4) is 0 Å². The highest BCUT2D eigenvalue weighted by Crippen LogP contribution is 2.55. The molecule has 0 radical (unpaired) electrons. The van der Waals surface area contributed by atoms with Crippen molar-refractivity contribution < 1.29 is 55.2 Å². The number of carboxylic acid groups (broad SMARTS) is 1. The summed E-state index contributed by atoms with van der Waals surface area (Å²) in [5.41, 5.74) is 3.47. The fourth-order valence-electron chi connectivity index (χ4n) is 10.3. The van der Waals surface area contributed by atoms with Crippen LogP contribution >= 0.6 is 12.0 Å². The highest BCUT2D eigenvalue weighted by molar-refractivity contribution is 7.94. The number of hydrogen-bond acceptors (Lipinski definition) is 13. The van der Waals surface area contributed by atoms with Crippen LogP contribution < -0.4 is 30.0 Å². The number of nitrogens with zero attached hydrogens (tertiary/aromatic N) is 2. The lowest BCUT2D eigenvalue weighted by atomic mass is 9.80. The van der Waals surface area contributed by atoms with Gasteiger partial charge in [-0.25, -0.2) is 26.2 Å². The Morgan fingerprint density at radius 2 is 1.49 bits per heavy atom. The summed E-state index contributed by atoms with van der Waals surface area (Å²) in [6, 6.07) is 24.9. The molecule has 0 bridgehead atoms. The van der Waals surface area contributed by atoms with Gasteiger partial charge in [-0.05, 0) is 119 Å². The quantitative estimate of drug-likeness (QED) is 0.0389. The van der Waals surface area contributed by atoms with E-state index in [1.54, 1.807) is 18.2 Å². The summed E-state index contributed by atoms with van der Waals surface area (Å²) in [5.74, 6) is -0.241. The van der Waals surface area contributed by atoms with Crippen molar-refractivity contribution in [3.63, 3.8) is 0 Å². The van der Waals surface area contributed by atoms with Gasteiger partial charge in [-0.15, -0.1) is 0 Å². The van der Waals surface area contributed by atoms with Gasteiger partial charge in [0.15, 0.2) is 13.1 Å². The van der Waals surface area contributed by atoms with Crippen LogP contribution in [0, 0.1) is 0 Å². The lowest BCUT2D eigenvalue weighted by molar-refractivity contribution is -0.777. The lowest BCUT2D eigenvalue weighted by Gasteiger charge is -2.28. The van der Waals surface area contributed by atoms with Crippen LogP contribution in [0.2, 0.25) is 0 Å². The Labute approximate surface area is 377 Å². The van der Waals surface area contributed by atoms with Gasteiger partial charge in [-0.2, -0.15) is 4.33 Å². The van der Waals surface area contributed by atoms with Crippen molar-refractivity contribution in [3.05, 3.63) is 123 Å². The number of benzene rings is 7. The van der Waals surface area contributed by atoms with Gasteiger partial charge < -0.3 is 29.1 Å². The zero-order chi connectivity index (χ0) is 46.0. The van der Waals surface area contributed by atoms with E-state index in [9.17, 15) is 41.1 Å². The highest BCUT2D eigenvalue weighted by atomic mass is 32.2. The van der Waals surface area contributed by atoms with E-state index in [0.717, 1.165) is 82.9 Å². The first-order valence-corrected chi connectivity index (χ1v) is 24.5. The summed E-state index contributed by atoms with van der Waals surface area (Å²) in [6.07, 6.45) is 2.24. The second-order valence-corrected chi connectivity index (χ2v) is 22.0. The monoisotopic (exact) mass is 932 g/mol. The van der Waals surface area contributed by atoms with Gasteiger partial charge in [-0.3, -0.25) is 5.04 Å². The van der Waals surface area contributed by atoms with Crippen LogP contribution in [-0.2, 0) is 47.0 Å². The number of hydrogen-bond donors (Lipinski definition) is 1. The first-order chi connectivity index (χ1) is 30.7. The molecule has 3 aliphatic rings. The third-order valence-electron chi connectivity index (χ3n) is 12.9. The normalized spacial score (nSPS) is 16.1. The standard InChI is InChI=1S/C48H42N2O12S3/c1-47(2)24-49(14-5-15-64(54,55)56)42-36-21-31-17-33(65(57,58)59)13-11-29(31)19-34(36)38-22-39-35-18-28-10-12-32(63-62-61-53)16-30(28)20-37(35)43-41(45(39)60-44(38)40(42)47)48(3,4)25-50(43)23-26-6-8-27(9-7-26)46(51)52/h6-13,16-22H,5,14-15,23-25H2,1-4H3,(H3-,51,52,53,54,55,56,57,58,59)/p-2. The summed E-state index contributed by atoms with van der Waals surface area (Å²) in [4.78, 5) is 14.1. The molecule has 65 heavy (non-hydrogen) atoms. The molecule has 3 aliphatic heterocycles. The minimum atomic E-state index is -4.77. The Morgan fingerprint density at radius 1 is 0.815 bits per heavy atom. The predicted molar refractivity (Wildman–Crippen MR) is 242 cm³/mol.